The van der Waals surface area contributed by atoms with E-state index >= 15 is 0 Å². The molecule has 0 atom stereocenters. The van der Waals surface area contributed by atoms with Crippen molar-refractivity contribution in [3.63, 3.8) is 0 Å². The summed E-state index contributed by atoms with van der Waals surface area (Å²) in [6.45, 7) is 9.09. The molecule has 0 unspecified atom stereocenters. The van der Waals surface area contributed by atoms with Crippen molar-refractivity contribution in [2.24, 2.45) is 0 Å². The third-order valence-electron chi connectivity index (χ3n) is 3.30. The number of anilines is 1. The minimum Gasteiger partial charge on any atom is -0.315 e. The van der Waals surface area contributed by atoms with E-state index in [-0.39, 0.29) is 5.91 Å². The highest BCUT2D eigenvalue weighted by atomic mass is 16.2. The third kappa shape index (κ3) is 4.35. The molecule has 0 aliphatic heterocycles. The van der Waals surface area contributed by atoms with Crippen molar-refractivity contribution in [2.45, 2.75) is 46.6 Å². The molecule has 0 aromatic heterocycles. The lowest BCUT2D eigenvalue weighted by Gasteiger charge is -2.23. The van der Waals surface area contributed by atoms with Gasteiger partial charge in [0.15, 0.2) is 0 Å². The zero-order chi connectivity index (χ0) is 14.4. The van der Waals surface area contributed by atoms with Crippen molar-refractivity contribution in [3.8, 4) is 0 Å². The lowest BCUT2D eigenvalue weighted by atomic mass is 10.0. The fraction of sp³-hybridized carbons (Fsp3) is 0.562. The molecule has 0 saturated carbocycles. The standard InChI is InChI=1S/C16H26N2O/c1-6-14-9-7-8-13(4)16(14)18(5)15(19)10-11-17-12(2)3/h7-9,12,17H,6,10-11H2,1-5H3. The van der Waals surface area contributed by atoms with Crippen LogP contribution in [-0.4, -0.2) is 25.5 Å². The molecule has 0 fully saturated rings. The van der Waals surface area contributed by atoms with Crippen LogP contribution < -0.4 is 10.2 Å². The first kappa shape index (κ1) is 15.7. The van der Waals surface area contributed by atoms with Gasteiger partial charge in [0.2, 0.25) is 5.91 Å². The second-order valence-electron chi connectivity index (χ2n) is 5.25. The molecule has 0 spiro atoms. The normalized spacial score (nSPS) is 10.8. The summed E-state index contributed by atoms with van der Waals surface area (Å²) >= 11 is 0. The number of hydrogen-bond acceptors (Lipinski definition) is 2. The summed E-state index contributed by atoms with van der Waals surface area (Å²) < 4.78 is 0. The number of nitrogens with one attached hydrogen (secondary N) is 1. The van der Waals surface area contributed by atoms with Crippen molar-refractivity contribution in [2.75, 3.05) is 18.5 Å². The van der Waals surface area contributed by atoms with Crippen LogP contribution in [-0.2, 0) is 11.2 Å². The molecule has 19 heavy (non-hydrogen) atoms. The maximum atomic E-state index is 12.2. The van der Waals surface area contributed by atoms with Crippen molar-refractivity contribution in [1.82, 2.24) is 5.32 Å². The second-order valence-corrected chi connectivity index (χ2v) is 5.25. The Bertz CT molecular complexity index is 427. The zero-order valence-electron chi connectivity index (χ0n) is 12.8. The van der Waals surface area contributed by atoms with E-state index in [0.717, 1.165) is 24.2 Å². The Morgan fingerprint density at radius 1 is 1.37 bits per heavy atom. The number of hydrogen-bond donors (Lipinski definition) is 1. The molecule has 1 aromatic carbocycles. The Kier molecular flexibility index (Phi) is 6.03. The van der Waals surface area contributed by atoms with Gasteiger partial charge < -0.3 is 10.2 Å². The minimum atomic E-state index is 0.164. The molecule has 0 bridgehead atoms. The van der Waals surface area contributed by atoms with Crippen LogP contribution in [0, 0.1) is 6.92 Å². The summed E-state index contributed by atoms with van der Waals surface area (Å²) in [4.78, 5) is 14.0. The van der Waals surface area contributed by atoms with E-state index in [2.05, 4.69) is 51.2 Å². The average molecular weight is 262 g/mol. The van der Waals surface area contributed by atoms with Crippen LogP contribution in [0.3, 0.4) is 0 Å². The number of carbonyl (C=O) groups excluding carboxylic acids is 1. The molecule has 1 amide bonds. The van der Waals surface area contributed by atoms with Gasteiger partial charge in [-0.15, -0.1) is 0 Å². The van der Waals surface area contributed by atoms with Gasteiger partial charge in [-0.3, -0.25) is 4.79 Å². The van der Waals surface area contributed by atoms with Gasteiger partial charge in [0.25, 0.3) is 0 Å². The zero-order valence-corrected chi connectivity index (χ0v) is 12.8. The van der Waals surface area contributed by atoms with Crippen molar-refractivity contribution >= 4 is 11.6 Å². The van der Waals surface area contributed by atoms with Crippen molar-refractivity contribution < 1.29 is 4.79 Å². The Labute approximate surface area is 117 Å². The summed E-state index contributed by atoms with van der Waals surface area (Å²) in [7, 11) is 1.87. The Morgan fingerprint density at radius 2 is 2.05 bits per heavy atom. The second kappa shape index (κ2) is 7.29. The summed E-state index contributed by atoms with van der Waals surface area (Å²) in [5, 5.41) is 3.28. The highest BCUT2D eigenvalue weighted by Gasteiger charge is 2.15. The molecule has 0 saturated heterocycles. The fourth-order valence-electron chi connectivity index (χ4n) is 2.25. The van der Waals surface area contributed by atoms with Gasteiger partial charge in [-0.05, 0) is 24.5 Å². The van der Waals surface area contributed by atoms with Gasteiger partial charge in [0, 0.05) is 31.7 Å². The van der Waals surface area contributed by atoms with Crippen molar-refractivity contribution in [1.29, 1.82) is 0 Å². The van der Waals surface area contributed by atoms with Crippen LogP contribution in [0.4, 0.5) is 5.69 Å². The van der Waals surface area contributed by atoms with E-state index in [1.165, 1.54) is 5.56 Å². The van der Waals surface area contributed by atoms with Crippen LogP contribution in [0.2, 0.25) is 0 Å². The van der Waals surface area contributed by atoms with E-state index in [4.69, 9.17) is 0 Å². The third-order valence-corrected chi connectivity index (χ3v) is 3.30. The van der Waals surface area contributed by atoms with Crippen LogP contribution >= 0.6 is 0 Å². The van der Waals surface area contributed by atoms with Crippen LogP contribution in [0.15, 0.2) is 18.2 Å². The van der Waals surface area contributed by atoms with Gasteiger partial charge in [-0.2, -0.15) is 0 Å². The number of benzene rings is 1. The van der Waals surface area contributed by atoms with Gasteiger partial charge >= 0.3 is 0 Å². The smallest absolute Gasteiger partial charge is 0.228 e. The SMILES string of the molecule is CCc1cccc(C)c1N(C)C(=O)CCNC(C)C. The van der Waals surface area contributed by atoms with E-state index in [1.807, 2.05) is 7.05 Å². The first-order valence-electron chi connectivity index (χ1n) is 7.05. The highest BCUT2D eigenvalue weighted by Crippen LogP contribution is 2.25. The Balaban J connectivity index is 2.76. The topological polar surface area (TPSA) is 32.3 Å². The number of amides is 1. The van der Waals surface area contributed by atoms with Crippen LogP contribution in [0.1, 0.15) is 38.3 Å². The number of rotatable bonds is 6. The number of nitrogens with zero attached hydrogens (tertiary/aromatic N) is 1. The van der Waals surface area contributed by atoms with E-state index in [1.54, 1.807) is 4.90 Å². The molecule has 106 valence electrons. The van der Waals surface area contributed by atoms with Gasteiger partial charge in [0.1, 0.15) is 0 Å². The monoisotopic (exact) mass is 262 g/mol. The van der Waals surface area contributed by atoms with Gasteiger partial charge in [-0.1, -0.05) is 39.0 Å². The maximum Gasteiger partial charge on any atom is 0.228 e. The number of carbonyl (C=O) groups is 1. The summed E-state index contributed by atoms with van der Waals surface area (Å²) in [5.74, 6) is 0.164. The molecule has 1 N–H and O–H groups in total. The first-order chi connectivity index (χ1) is 8.97. The van der Waals surface area contributed by atoms with Crippen LogP contribution in [0.25, 0.3) is 0 Å². The molecule has 1 rings (SSSR count). The summed E-state index contributed by atoms with van der Waals surface area (Å²) in [6, 6.07) is 6.63. The van der Waals surface area contributed by atoms with E-state index in [0.29, 0.717) is 12.5 Å². The summed E-state index contributed by atoms with van der Waals surface area (Å²) in [5.41, 5.74) is 3.46. The quantitative estimate of drug-likeness (QED) is 0.855. The lowest BCUT2D eigenvalue weighted by molar-refractivity contribution is -0.118. The minimum absolute atomic E-state index is 0.164. The van der Waals surface area contributed by atoms with E-state index in [9.17, 15) is 4.79 Å². The molecule has 1 aromatic rings. The molecule has 0 aliphatic carbocycles. The predicted molar refractivity (Wildman–Crippen MR) is 81.7 cm³/mol. The van der Waals surface area contributed by atoms with Crippen LogP contribution in [0.5, 0.6) is 0 Å². The predicted octanol–water partition coefficient (Wildman–Crippen LogP) is 2.91. The number of para-hydroxylation sites is 1. The number of aryl methyl sites for hydroxylation is 2. The summed E-state index contributed by atoms with van der Waals surface area (Å²) in [6.07, 6.45) is 1.48. The van der Waals surface area contributed by atoms with Crippen molar-refractivity contribution in [3.05, 3.63) is 29.3 Å². The Morgan fingerprint density at radius 3 is 2.63 bits per heavy atom. The molecule has 0 radical (unpaired) electrons. The molecule has 3 heteroatoms. The Hall–Kier alpha value is -1.35. The first-order valence-corrected chi connectivity index (χ1v) is 7.05. The molecule has 0 aliphatic rings. The largest absolute Gasteiger partial charge is 0.315 e. The molecular formula is C16H26N2O. The molecule has 3 nitrogen and oxygen atoms in total. The fourth-order valence-corrected chi connectivity index (χ4v) is 2.25. The van der Waals surface area contributed by atoms with Gasteiger partial charge in [-0.25, -0.2) is 0 Å². The highest BCUT2D eigenvalue weighted by molar-refractivity contribution is 5.94. The average Bonchev–Trinajstić information content (AvgIpc) is 2.37. The lowest BCUT2D eigenvalue weighted by Crippen LogP contribution is -2.32. The maximum absolute atomic E-state index is 12.2. The molecule has 0 heterocycles. The van der Waals surface area contributed by atoms with E-state index < -0.39 is 0 Å². The molecular weight excluding hydrogens is 236 g/mol. The van der Waals surface area contributed by atoms with Gasteiger partial charge in [0.05, 0.1) is 0 Å².